The molecule has 1 amide bonds. The number of hydrogen-bond acceptors (Lipinski definition) is 4. The molecule has 1 atom stereocenters. The summed E-state index contributed by atoms with van der Waals surface area (Å²) < 4.78 is 5.06. The van der Waals surface area contributed by atoms with Crippen LogP contribution in [0.3, 0.4) is 0 Å². The van der Waals surface area contributed by atoms with E-state index in [0.29, 0.717) is 17.4 Å². The van der Waals surface area contributed by atoms with Gasteiger partial charge in [-0.25, -0.2) is 9.59 Å². The predicted octanol–water partition coefficient (Wildman–Crippen LogP) is 3.68. The third-order valence-corrected chi connectivity index (χ3v) is 5.08. The van der Waals surface area contributed by atoms with E-state index >= 15 is 0 Å². The van der Waals surface area contributed by atoms with Crippen LogP contribution in [0.1, 0.15) is 38.7 Å². The number of carboxylic acids is 1. The Morgan fingerprint density at radius 3 is 2.43 bits per heavy atom. The van der Waals surface area contributed by atoms with Crippen molar-refractivity contribution in [3.8, 4) is 0 Å². The second-order valence-electron chi connectivity index (χ2n) is 5.19. The van der Waals surface area contributed by atoms with E-state index in [1.54, 1.807) is 11.8 Å². The molecule has 0 heterocycles. The fourth-order valence-corrected chi connectivity index (χ4v) is 3.22. The zero-order chi connectivity index (χ0) is 17.1. The predicted molar refractivity (Wildman–Crippen MR) is 92.6 cm³/mol. The molecule has 1 rings (SSSR count). The van der Waals surface area contributed by atoms with Crippen molar-refractivity contribution >= 4 is 23.8 Å². The van der Waals surface area contributed by atoms with Crippen molar-refractivity contribution in [2.24, 2.45) is 0 Å². The first kappa shape index (κ1) is 19.4. The average molecular weight is 339 g/mol. The molecular weight excluding hydrogens is 314 g/mol. The van der Waals surface area contributed by atoms with Crippen LogP contribution in [0.2, 0.25) is 0 Å². The summed E-state index contributed by atoms with van der Waals surface area (Å²) in [6.45, 7) is 4.37. The standard InChI is InChI=1S/C17H25NO4S/c1-3-14(4-2)23-11-10-15(16(19)20)18-17(21)22-12-13-8-6-5-7-9-13/h5-9,14-15H,3-4,10-12H2,1-2H3,(H,18,21)(H,19,20). The lowest BCUT2D eigenvalue weighted by Crippen LogP contribution is -2.41. The van der Waals surface area contributed by atoms with E-state index in [1.807, 2.05) is 30.3 Å². The molecule has 0 saturated carbocycles. The Morgan fingerprint density at radius 1 is 1.22 bits per heavy atom. The number of ether oxygens (including phenoxy) is 1. The van der Waals surface area contributed by atoms with Crippen LogP contribution >= 0.6 is 11.8 Å². The number of carbonyl (C=O) groups is 2. The van der Waals surface area contributed by atoms with Crippen molar-refractivity contribution in [3.05, 3.63) is 35.9 Å². The maximum atomic E-state index is 11.7. The van der Waals surface area contributed by atoms with E-state index in [9.17, 15) is 14.7 Å². The monoisotopic (exact) mass is 339 g/mol. The Balaban J connectivity index is 2.36. The summed E-state index contributed by atoms with van der Waals surface area (Å²) in [6, 6.07) is 8.35. The molecule has 1 unspecified atom stereocenters. The summed E-state index contributed by atoms with van der Waals surface area (Å²) in [4.78, 5) is 23.0. The van der Waals surface area contributed by atoms with Gasteiger partial charge in [0.1, 0.15) is 12.6 Å². The minimum Gasteiger partial charge on any atom is -0.480 e. The first-order valence-electron chi connectivity index (χ1n) is 7.88. The summed E-state index contributed by atoms with van der Waals surface area (Å²) in [5.41, 5.74) is 0.860. The maximum Gasteiger partial charge on any atom is 0.408 e. The van der Waals surface area contributed by atoms with E-state index in [2.05, 4.69) is 19.2 Å². The van der Waals surface area contributed by atoms with Crippen LogP contribution < -0.4 is 5.32 Å². The molecule has 23 heavy (non-hydrogen) atoms. The molecular formula is C17H25NO4S. The van der Waals surface area contributed by atoms with Crippen molar-refractivity contribution in [2.45, 2.75) is 51.0 Å². The molecule has 0 fully saturated rings. The van der Waals surface area contributed by atoms with Gasteiger partial charge in [0.05, 0.1) is 0 Å². The highest BCUT2D eigenvalue weighted by atomic mass is 32.2. The molecule has 0 bridgehead atoms. The highest BCUT2D eigenvalue weighted by molar-refractivity contribution is 7.99. The van der Waals surface area contributed by atoms with Crippen molar-refractivity contribution < 1.29 is 19.4 Å². The Morgan fingerprint density at radius 2 is 1.87 bits per heavy atom. The SMILES string of the molecule is CCC(CC)SCCC(NC(=O)OCc1ccccc1)C(=O)O. The lowest BCUT2D eigenvalue weighted by atomic mass is 10.2. The molecule has 0 radical (unpaired) electrons. The van der Waals surface area contributed by atoms with E-state index in [4.69, 9.17) is 4.74 Å². The summed E-state index contributed by atoms with van der Waals surface area (Å²) in [6.07, 6.45) is 1.81. The summed E-state index contributed by atoms with van der Waals surface area (Å²) in [7, 11) is 0. The average Bonchev–Trinajstić information content (AvgIpc) is 2.56. The van der Waals surface area contributed by atoms with E-state index in [0.717, 1.165) is 18.4 Å². The second-order valence-corrected chi connectivity index (χ2v) is 6.60. The van der Waals surface area contributed by atoms with Crippen molar-refractivity contribution in [2.75, 3.05) is 5.75 Å². The summed E-state index contributed by atoms with van der Waals surface area (Å²) >= 11 is 1.75. The van der Waals surface area contributed by atoms with Gasteiger partial charge in [0.2, 0.25) is 0 Å². The third-order valence-electron chi connectivity index (χ3n) is 3.47. The summed E-state index contributed by atoms with van der Waals surface area (Å²) in [5, 5.41) is 12.2. The number of thioether (sulfide) groups is 1. The molecule has 0 spiro atoms. The number of amides is 1. The highest BCUT2D eigenvalue weighted by Gasteiger charge is 2.20. The van der Waals surface area contributed by atoms with Crippen LogP contribution in [0.25, 0.3) is 0 Å². The van der Waals surface area contributed by atoms with Gasteiger partial charge in [-0.15, -0.1) is 0 Å². The normalized spacial score (nSPS) is 12.0. The number of nitrogens with one attached hydrogen (secondary N) is 1. The number of aliphatic carboxylic acids is 1. The highest BCUT2D eigenvalue weighted by Crippen LogP contribution is 2.19. The molecule has 128 valence electrons. The fraction of sp³-hybridized carbons (Fsp3) is 0.529. The van der Waals surface area contributed by atoms with Gasteiger partial charge in [-0.05, 0) is 30.6 Å². The van der Waals surface area contributed by atoms with Gasteiger partial charge in [0.25, 0.3) is 0 Å². The molecule has 0 aliphatic rings. The van der Waals surface area contributed by atoms with Gasteiger partial charge in [0, 0.05) is 5.25 Å². The lowest BCUT2D eigenvalue weighted by molar-refractivity contribution is -0.139. The smallest absolute Gasteiger partial charge is 0.408 e. The van der Waals surface area contributed by atoms with Crippen LogP contribution in [0, 0.1) is 0 Å². The van der Waals surface area contributed by atoms with Crippen LogP contribution in [0.15, 0.2) is 30.3 Å². The largest absolute Gasteiger partial charge is 0.480 e. The minimum atomic E-state index is -1.04. The van der Waals surface area contributed by atoms with Crippen molar-refractivity contribution in [3.63, 3.8) is 0 Å². The van der Waals surface area contributed by atoms with Gasteiger partial charge in [-0.3, -0.25) is 0 Å². The molecule has 1 aromatic carbocycles. The Hall–Kier alpha value is -1.69. The topological polar surface area (TPSA) is 75.6 Å². The molecule has 0 saturated heterocycles. The molecule has 5 nitrogen and oxygen atoms in total. The first-order chi connectivity index (χ1) is 11.1. The third kappa shape index (κ3) is 7.93. The summed E-state index contributed by atoms with van der Waals surface area (Å²) in [5.74, 6) is -0.339. The maximum absolute atomic E-state index is 11.7. The van der Waals surface area contributed by atoms with Crippen molar-refractivity contribution in [1.29, 1.82) is 0 Å². The van der Waals surface area contributed by atoms with Crippen LogP contribution in [-0.4, -0.2) is 34.2 Å². The second kappa shape index (κ2) is 10.9. The number of benzene rings is 1. The quantitative estimate of drug-likeness (QED) is 0.680. The zero-order valence-corrected chi connectivity index (χ0v) is 14.5. The van der Waals surface area contributed by atoms with Gasteiger partial charge >= 0.3 is 12.1 Å². The molecule has 1 aromatic rings. The lowest BCUT2D eigenvalue weighted by Gasteiger charge is -2.16. The number of carbonyl (C=O) groups excluding carboxylic acids is 1. The van der Waals surface area contributed by atoms with Crippen molar-refractivity contribution in [1.82, 2.24) is 5.32 Å². The minimum absolute atomic E-state index is 0.126. The van der Waals surface area contributed by atoms with E-state index in [1.165, 1.54) is 0 Å². The van der Waals surface area contributed by atoms with E-state index in [-0.39, 0.29) is 6.61 Å². The van der Waals surface area contributed by atoms with Crippen LogP contribution in [0.5, 0.6) is 0 Å². The Kier molecular flexibility index (Phi) is 9.21. The number of hydrogen-bond donors (Lipinski definition) is 2. The van der Waals surface area contributed by atoms with Gasteiger partial charge in [-0.1, -0.05) is 44.2 Å². The molecule has 0 aliphatic heterocycles. The molecule has 0 aliphatic carbocycles. The fourth-order valence-electron chi connectivity index (χ4n) is 2.04. The Bertz CT molecular complexity index is 477. The molecule has 0 aromatic heterocycles. The number of carboxylic acid groups (broad SMARTS) is 1. The number of rotatable bonds is 10. The van der Waals surface area contributed by atoms with Gasteiger partial charge in [0.15, 0.2) is 0 Å². The zero-order valence-electron chi connectivity index (χ0n) is 13.7. The molecule has 2 N–H and O–H groups in total. The van der Waals surface area contributed by atoms with Gasteiger partial charge in [-0.2, -0.15) is 11.8 Å². The van der Waals surface area contributed by atoms with Crippen LogP contribution in [-0.2, 0) is 16.1 Å². The number of alkyl carbamates (subject to hydrolysis) is 1. The van der Waals surface area contributed by atoms with E-state index < -0.39 is 18.1 Å². The van der Waals surface area contributed by atoms with Gasteiger partial charge < -0.3 is 15.2 Å². The van der Waals surface area contributed by atoms with Crippen LogP contribution in [0.4, 0.5) is 4.79 Å². The first-order valence-corrected chi connectivity index (χ1v) is 8.93. The Labute approximate surface area is 141 Å². The molecule has 6 heteroatoms.